The molecular weight excluding hydrogens is 392 g/mol. The summed E-state index contributed by atoms with van der Waals surface area (Å²) in [5.41, 5.74) is 0. The molecule has 2 atom stereocenters. The van der Waals surface area contributed by atoms with Crippen LogP contribution in [0.25, 0.3) is 0 Å². The molecule has 7 heteroatoms. The van der Waals surface area contributed by atoms with Crippen molar-refractivity contribution in [1.82, 2.24) is 9.21 Å². The summed E-state index contributed by atoms with van der Waals surface area (Å²) in [5, 5.41) is 0. The molecule has 2 heterocycles. The molecule has 24 heavy (non-hydrogen) atoms. The highest BCUT2D eigenvalue weighted by Crippen LogP contribution is 2.30. The van der Waals surface area contributed by atoms with E-state index in [-0.39, 0.29) is 29.3 Å². The van der Waals surface area contributed by atoms with Crippen molar-refractivity contribution in [2.45, 2.75) is 43.5 Å². The number of hydrogen-bond donors (Lipinski definition) is 0. The van der Waals surface area contributed by atoms with Gasteiger partial charge in [0.2, 0.25) is 15.9 Å². The molecule has 1 amide bonds. The highest BCUT2D eigenvalue weighted by molar-refractivity contribution is 9.10. The van der Waals surface area contributed by atoms with E-state index in [2.05, 4.69) is 22.9 Å². The predicted molar refractivity (Wildman–Crippen MR) is 96.0 cm³/mol. The fourth-order valence-corrected chi connectivity index (χ4v) is 6.06. The van der Waals surface area contributed by atoms with Crippen molar-refractivity contribution in [2.75, 3.05) is 19.6 Å². The zero-order valence-corrected chi connectivity index (χ0v) is 16.2. The van der Waals surface area contributed by atoms with Crippen molar-refractivity contribution in [3.63, 3.8) is 0 Å². The van der Waals surface area contributed by atoms with E-state index in [1.165, 1.54) is 4.31 Å². The quantitative estimate of drug-likeness (QED) is 0.763. The van der Waals surface area contributed by atoms with Crippen molar-refractivity contribution < 1.29 is 13.2 Å². The maximum Gasteiger partial charge on any atom is 0.244 e. The van der Waals surface area contributed by atoms with E-state index in [0.717, 1.165) is 25.8 Å². The van der Waals surface area contributed by atoms with Crippen LogP contribution in [-0.2, 0) is 14.8 Å². The Bertz CT molecular complexity index is 722. The smallest absolute Gasteiger partial charge is 0.244 e. The zero-order chi connectivity index (χ0) is 17.3. The van der Waals surface area contributed by atoms with Crippen LogP contribution in [0.15, 0.2) is 33.6 Å². The SMILES string of the molecule is CC1CCCCN1C(=O)C1CCN(S(=O)(=O)c2ccccc2Br)C1. The molecule has 0 aromatic heterocycles. The average Bonchev–Trinajstić information content (AvgIpc) is 3.06. The van der Waals surface area contributed by atoms with Crippen molar-refractivity contribution in [1.29, 1.82) is 0 Å². The van der Waals surface area contributed by atoms with Crippen molar-refractivity contribution >= 4 is 31.9 Å². The third kappa shape index (κ3) is 3.39. The molecule has 5 nitrogen and oxygen atoms in total. The molecule has 2 aliphatic heterocycles. The van der Waals surface area contributed by atoms with Gasteiger partial charge in [0.05, 0.1) is 10.8 Å². The summed E-state index contributed by atoms with van der Waals surface area (Å²) in [6, 6.07) is 7.09. The molecule has 0 spiro atoms. The van der Waals surface area contributed by atoms with Gasteiger partial charge in [-0.05, 0) is 60.7 Å². The van der Waals surface area contributed by atoms with Crippen LogP contribution in [0.2, 0.25) is 0 Å². The van der Waals surface area contributed by atoms with Gasteiger partial charge < -0.3 is 4.90 Å². The fourth-order valence-electron chi connectivity index (χ4n) is 3.60. The third-order valence-corrected chi connectivity index (χ3v) is 7.92. The molecule has 2 unspecified atom stereocenters. The standard InChI is InChI=1S/C17H23BrN2O3S/c1-13-6-4-5-10-20(13)17(21)14-9-11-19(12-14)24(22,23)16-8-3-2-7-15(16)18/h2-3,7-8,13-14H,4-6,9-12H2,1H3. The lowest BCUT2D eigenvalue weighted by Crippen LogP contribution is -2.45. The maximum atomic E-state index is 12.8. The van der Waals surface area contributed by atoms with Gasteiger partial charge in [0.15, 0.2) is 0 Å². The van der Waals surface area contributed by atoms with Gasteiger partial charge in [-0.3, -0.25) is 4.79 Å². The summed E-state index contributed by atoms with van der Waals surface area (Å²) < 4.78 is 27.7. The molecule has 2 aliphatic rings. The number of nitrogens with zero attached hydrogens (tertiary/aromatic N) is 2. The van der Waals surface area contributed by atoms with Gasteiger partial charge in [0.25, 0.3) is 0 Å². The van der Waals surface area contributed by atoms with Gasteiger partial charge in [0, 0.05) is 30.1 Å². The average molecular weight is 415 g/mol. The molecule has 2 fully saturated rings. The van der Waals surface area contributed by atoms with Gasteiger partial charge >= 0.3 is 0 Å². The topological polar surface area (TPSA) is 57.7 Å². The second-order valence-corrected chi connectivity index (χ2v) is 9.42. The number of benzene rings is 1. The fraction of sp³-hybridized carbons (Fsp3) is 0.588. The molecule has 2 saturated heterocycles. The van der Waals surface area contributed by atoms with E-state index in [9.17, 15) is 13.2 Å². The van der Waals surface area contributed by atoms with Crippen LogP contribution < -0.4 is 0 Å². The number of piperidine rings is 1. The Balaban J connectivity index is 1.73. The highest BCUT2D eigenvalue weighted by Gasteiger charge is 2.39. The number of carbonyl (C=O) groups is 1. The molecule has 1 aromatic rings. The summed E-state index contributed by atoms with van der Waals surface area (Å²) in [6.45, 7) is 3.57. The molecule has 0 N–H and O–H groups in total. The van der Waals surface area contributed by atoms with Crippen LogP contribution in [-0.4, -0.2) is 49.2 Å². The van der Waals surface area contributed by atoms with E-state index in [1.807, 2.05) is 4.90 Å². The zero-order valence-electron chi connectivity index (χ0n) is 13.8. The Morgan fingerprint density at radius 2 is 1.92 bits per heavy atom. The number of carbonyl (C=O) groups excluding carboxylic acids is 1. The number of likely N-dealkylation sites (tertiary alicyclic amines) is 1. The van der Waals surface area contributed by atoms with Crippen LogP contribution in [0.5, 0.6) is 0 Å². The Kier molecular flexibility index (Phi) is 5.32. The lowest BCUT2D eigenvalue weighted by atomic mass is 10.00. The van der Waals surface area contributed by atoms with Crippen LogP contribution in [0, 0.1) is 5.92 Å². The summed E-state index contributed by atoms with van der Waals surface area (Å²) in [5.74, 6) is -0.102. The summed E-state index contributed by atoms with van der Waals surface area (Å²) in [6.07, 6.45) is 3.85. The Hall–Kier alpha value is -0.920. The third-order valence-electron chi connectivity index (χ3n) is 5.04. The minimum atomic E-state index is -3.56. The molecule has 132 valence electrons. The number of rotatable bonds is 3. The maximum absolute atomic E-state index is 12.8. The van der Waals surface area contributed by atoms with Gasteiger partial charge in [0.1, 0.15) is 0 Å². The lowest BCUT2D eigenvalue weighted by Gasteiger charge is -2.35. The molecule has 0 radical (unpaired) electrons. The molecule has 3 rings (SSSR count). The van der Waals surface area contributed by atoms with Crippen LogP contribution in [0.4, 0.5) is 0 Å². The second-order valence-electron chi connectivity index (χ2n) is 6.66. The van der Waals surface area contributed by atoms with Gasteiger partial charge in [-0.25, -0.2) is 8.42 Å². The number of amides is 1. The predicted octanol–water partition coefficient (Wildman–Crippen LogP) is 2.86. The Morgan fingerprint density at radius 3 is 2.62 bits per heavy atom. The van der Waals surface area contributed by atoms with Crippen LogP contribution in [0.1, 0.15) is 32.6 Å². The van der Waals surface area contributed by atoms with E-state index in [1.54, 1.807) is 24.3 Å². The molecule has 1 aromatic carbocycles. The number of sulfonamides is 1. The Labute approximate surface area is 152 Å². The van der Waals surface area contributed by atoms with Crippen molar-refractivity contribution in [3.05, 3.63) is 28.7 Å². The minimum Gasteiger partial charge on any atom is -0.340 e. The van der Waals surface area contributed by atoms with Gasteiger partial charge in [-0.15, -0.1) is 0 Å². The van der Waals surface area contributed by atoms with Crippen LogP contribution in [0.3, 0.4) is 0 Å². The second kappa shape index (κ2) is 7.14. The van der Waals surface area contributed by atoms with Crippen LogP contribution >= 0.6 is 15.9 Å². The molecule has 0 aliphatic carbocycles. The lowest BCUT2D eigenvalue weighted by molar-refractivity contribution is -0.138. The normalized spacial score (nSPS) is 25.8. The van der Waals surface area contributed by atoms with E-state index in [0.29, 0.717) is 17.4 Å². The molecular formula is C17H23BrN2O3S. The first-order valence-corrected chi connectivity index (χ1v) is 10.7. The van der Waals surface area contributed by atoms with E-state index in [4.69, 9.17) is 0 Å². The Morgan fingerprint density at radius 1 is 1.17 bits per heavy atom. The number of hydrogen-bond acceptors (Lipinski definition) is 3. The first kappa shape index (κ1) is 17.9. The molecule has 0 bridgehead atoms. The van der Waals surface area contributed by atoms with Gasteiger partial charge in [-0.2, -0.15) is 4.31 Å². The summed E-state index contributed by atoms with van der Waals surface area (Å²) in [4.78, 5) is 15.0. The van der Waals surface area contributed by atoms with Gasteiger partial charge in [-0.1, -0.05) is 12.1 Å². The molecule has 0 saturated carbocycles. The number of halogens is 1. The van der Waals surface area contributed by atoms with E-state index < -0.39 is 10.0 Å². The first-order valence-electron chi connectivity index (χ1n) is 8.46. The van der Waals surface area contributed by atoms with E-state index >= 15 is 0 Å². The van der Waals surface area contributed by atoms with Crippen molar-refractivity contribution in [2.24, 2.45) is 5.92 Å². The minimum absolute atomic E-state index is 0.118. The van der Waals surface area contributed by atoms with Crippen molar-refractivity contribution in [3.8, 4) is 0 Å². The summed E-state index contributed by atoms with van der Waals surface area (Å²) >= 11 is 3.31. The highest BCUT2D eigenvalue weighted by atomic mass is 79.9. The first-order chi connectivity index (χ1) is 11.4. The summed E-state index contributed by atoms with van der Waals surface area (Å²) in [7, 11) is -3.56. The monoisotopic (exact) mass is 414 g/mol. The largest absolute Gasteiger partial charge is 0.340 e.